The molecule has 0 aromatic heterocycles. The van der Waals surface area contributed by atoms with Crippen LogP contribution in [0.15, 0.2) is 58.5 Å². The van der Waals surface area contributed by atoms with Gasteiger partial charge in [-0.05, 0) is 36.6 Å². The number of hydrogen-bond donors (Lipinski definition) is 1. The molecule has 0 spiro atoms. The third-order valence-corrected chi connectivity index (χ3v) is 5.87. The van der Waals surface area contributed by atoms with Crippen molar-refractivity contribution in [2.75, 3.05) is 18.2 Å². The first kappa shape index (κ1) is 21.1. The molecule has 2 heterocycles. The lowest BCUT2D eigenvalue weighted by Gasteiger charge is -2.25. The number of amidine groups is 2. The van der Waals surface area contributed by atoms with E-state index in [9.17, 15) is 9.59 Å². The van der Waals surface area contributed by atoms with E-state index in [0.717, 1.165) is 11.3 Å². The minimum atomic E-state index is -0.419. The number of nitrogens with one attached hydrogen (secondary N) is 1. The molecule has 160 valence electrons. The molecule has 1 unspecified atom stereocenters. The summed E-state index contributed by atoms with van der Waals surface area (Å²) >= 11 is 1.23. The van der Waals surface area contributed by atoms with Gasteiger partial charge in [-0.25, -0.2) is 9.89 Å². The summed E-state index contributed by atoms with van der Waals surface area (Å²) in [5.41, 5.74) is 2.25. The summed E-state index contributed by atoms with van der Waals surface area (Å²) in [5.74, 6) is 1.47. The maximum atomic E-state index is 13.1. The number of carbonyl (C=O) groups is 2. The Labute approximate surface area is 185 Å². The van der Waals surface area contributed by atoms with Crippen LogP contribution in [0.25, 0.3) is 0 Å². The number of fused-ring (bicyclic) bond motifs is 3. The Balaban J connectivity index is 1.52. The van der Waals surface area contributed by atoms with Crippen LogP contribution in [0.2, 0.25) is 0 Å². The Hall–Kier alpha value is -3.13. The van der Waals surface area contributed by atoms with E-state index in [2.05, 4.69) is 24.2 Å². The number of amides is 2. The second-order valence-corrected chi connectivity index (χ2v) is 8.69. The van der Waals surface area contributed by atoms with Crippen LogP contribution in [-0.4, -0.2) is 46.6 Å². The SMILES string of the molecule is COc1cccc(NC(=O)CSC2=Nc3ccccc3C3=NC(CC(C)C)C(=O)N23)c1. The van der Waals surface area contributed by atoms with Crippen molar-refractivity contribution in [2.45, 2.75) is 26.3 Å². The molecule has 4 rings (SSSR count). The lowest BCUT2D eigenvalue weighted by molar-refractivity contribution is -0.125. The summed E-state index contributed by atoms with van der Waals surface area (Å²) in [7, 11) is 1.58. The van der Waals surface area contributed by atoms with Gasteiger partial charge in [-0.15, -0.1) is 0 Å². The maximum absolute atomic E-state index is 13.1. The molecule has 8 heteroatoms. The highest BCUT2D eigenvalue weighted by atomic mass is 32.2. The van der Waals surface area contributed by atoms with Crippen LogP contribution in [0.1, 0.15) is 25.8 Å². The molecule has 0 aliphatic carbocycles. The van der Waals surface area contributed by atoms with Crippen molar-refractivity contribution >= 4 is 46.0 Å². The van der Waals surface area contributed by atoms with Crippen molar-refractivity contribution in [3.63, 3.8) is 0 Å². The van der Waals surface area contributed by atoms with Gasteiger partial charge in [-0.1, -0.05) is 43.8 Å². The monoisotopic (exact) mass is 436 g/mol. The van der Waals surface area contributed by atoms with Crippen LogP contribution < -0.4 is 10.1 Å². The summed E-state index contributed by atoms with van der Waals surface area (Å²) in [6, 6.07) is 14.4. The molecule has 2 aliphatic heterocycles. The Bertz CT molecular complexity index is 1080. The summed E-state index contributed by atoms with van der Waals surface area (Å²) in [5, 5.41) is 3.33. The molecule has 2 amide bonds. The van der Waals surface area contributed by atoms with Gasteiger partial charge < -0.3 is 10.1 Å². The average molecular weight is 437 g/mol. The summed E-state index contributed by atoms with van der Waals surface area (Å²) in [6.07, 6.45) is 0.676. The van der Waals surface area contributed by atoms with Crippen molar-refractivity contribution in [1.82, 2.24) is 4.90 Å². The number of anilines is 1. The third-order valence-electron chi connectivity index (χ3n) is 4.93. The van der Waals surface area contributed by atoms with E-state index in [0.29, 0.717) is 34.8 Å². The van der Waals surface area contributed by atoms with Gasteiger partial charge in [-0.3, -0.25) is 14.6 Å². The fourth-order valence-electron chi connectivity index (χ4n) is 3.53. The molecule has 0 radical (unpaired) electrons. The molecule has 0 fully saturated rings. The van der Waals surface area contributed by atoms with Gasteiger partial charge in [0.25, 0.3) is 5.91 Å². The molecule has 1 N–H and O–H groups in total. The van der Waals surface area contributed by atoms with Crippen LogP contribution in [0.3, 0.4) is 0 Å². The van der Waals surface area contributed by atoms with Gasteiger partial charge in [0.15, 0.2) is 5.17 Å². The second kappa shape index (κ2) is 8.93. The number of nitrogens with zero attached hydrogens (tertiary/aromatic N) is 3. The van der Waals surface area contributed by atoms with Crippen molar-refractivity contribution < 1.29 is 14.3 Å². The second-order valence-electron chi connectivity index (χ2n) is 7.75. The largest absolute Gasteiger partial charge is 0.497 e. The smallest absolute Gasteiger partial charge is 0.259 e. The average Bonchev–Trinajstić information content (AvgIpc) is 3.08. The zero-order valence-electron chi connectivity index (χ0n) is 17.7. The summed E-state index contributed by atoms with van der Waals surface area (Å²) < 4.78 is 5.19. The molecule has 1 atom stereocenters. The van der Waals surface area contributed by atoms with E-state index < -0.39 is 6.04 Å². The van der Waals surface area contributed by atoms with E-state index in [1.807, 2.05) is 36.4 Å². The topological polar surface area (TPSA) is 83.4 Å². The predicted octanol–water partition coefficient (Wildman–Crippen LogP) is 4.07. The number of hydrogen-bond acceptors (Lipinski definition) is 6. The molecule has 2 aromatic rings. The molecule has 0 bridgehead atoms. The highest BCUT2D eigenvalue weighted by Gasteiger charge is 2.41. The zero-order chi connectivity index (χ0) is 22.0. The number of aliphatic imine (C=N–C) groups is 2. The molecule has 7 nitrogen and oxygen atoms in total. The van der Waals surface area contributed by atoms with Crippen LogP contribution in [0, 0.1) is 5.92 Å². The zero-order valence-corrected chi connectivity index (χ0v) is 18.5. The van der Waals surface area contributed by atoms with Gasteiger partial charge in [0, 0.05) is 17.3 Å². The minimum Gasteiger partial charge on any atom is -0.497 e. The Kier molecular flexibility index (Phi) is 6.08. The highest BCUT2D eigenvalue weighted by Crippen LogP contribution is 2.34. The lowest BCUT2D eigenvalue weighted by atomic mass is 10.0. The standard InChI is InChI=1S/C23H24N4O3S/c1-14(2)11-19-22(29)27-21(25-19)17-9-4-5-10-18(17)26-23(27)31-13-20(28)24-15-7-6-8-16(12-15)30-3/h4-10,12,14,19H,11,13H2,1-3H3,(H,24,28). The first-order chi connectivity index (χ1) is 15.0. The van der Waals surface area contributed by atoms with Crippen LogP contribution >= 0.6 is 11.8 Å². The van der Waals surface area contributed by atoms with Crippen LogP contribution in [-0.2, 0) is 9.59 Å². The number of benzene rings is 2. The van der Waals surface area contributed by atoms with Crippen molar-refractivity contribution in [3.05, 3.63) is 54.1 Å². The first-order valence-electron chi connectivity index (χ1n) is 10.1. The number of carbonyl (C=O) groups excluding carboxylic acids is 2. The number of thioether (sulfide) groups is 1. The molecule has 0 saturated carbocycles. The molecule has 2 aliphatic rings. The normalized spacial score (nSPS) is 17.1. The molecular formula is C23H24N4O3S. The number of rotatable bonds is 6. The molecule has 0 saturated heterocycles. The van der Waals surface area contributed by atoms with Gasteiger partial charge in [0.2, 0.25) is 5.91 Å². The van der Waals surface area contributed by atoms with Crippen molar-refractivity contribution in [1.29, 1.82) is 0 Å². The van der Waals surface area contributed by atoms with Gasteiger partial charge in [-0.2, -0.15) is 0 Å². The number of para-hydroxylation sites is 1. The lowest BCUT2D eigenvalue weighted by Crippen LogP contribution is -2.41. The molecular weight excluding hydrogens is 412 g/mol. The van der Waals surface area contributed by atoms with Gasteiger partial charge in [0.05, 0.1) is 18.6 Å². The number of methoxy groups -OCH3 is 1. The van der Waals surface area contributed by atoms with Crippen molar-refractivity contribution in [2.24, 2.45) is 15.9 Å². The predicted molar refractivity (Wildman–Crippen MR) is 124 cm³/mol. The first-order valence-corrected chi connectivity index (χ1v) is 11.1. The fraction of sp³-hybridized carbons (Fsp3) is 0.304. The Morgan fingerprint density at radius 3 is 2.81 bits per heavy atom. The fourth-order valence-corrected chi connectivity index (χ4v) is 4.33. The summed E-state index contributed by atoms with van der Waals surface area (Å²) in [6.45, 7) is 4.15. The van der Waals surface area contributed by atoms with Crippen LogP contribution in [0.5, 0.6) is 5.75 Å². The van der Waals surface area contributed by atoms with E-state index >= 15 is 0 Å². The minimum absolute atomic E-state index is 0.0855. The Morgan fingerprint density at radius 2 is 2.03 bits per heavy atom. The molecule has 31 heavy (non-hydrogen) atoms. The quantitative estimate of drug-likeness (QED) is 0.740. The van der Waals surface area contributed by atoms with Gasteiger partial charge in [0.1, 0.15) is 17.6 Å². The van der Waals surface area contributed by atoms with E-state index in [1.165, 1.54) is 11.8 Å². The maximum Gasteiger partial charge on any atom is 0.259 e. The van der Waals surface area contributed by atoms with Gasteiger partial charge >= 0.3 is 0 Å². The summed E-state index contributed by atoms with van der Waals surface area (Å²) in [4.78, 5) is 36.6. The molecule has 2 aromatic carbocycles. The van der Waals surface area contributed by atoms with Crippen molar-refractivity contribution in [3.8, 4) is 5.75 Å². The highest BCUT2D eigenvalue weighted by molar-refractivity contribution is 8.14. The van der Waals surface area contributed by atoms with E-state index in [4.69, 9.17) is 9.73 Å². The Morgan fingerprint density at radius 1 is 1.23 bits per heavy atom. The number of ether oxygens (including phenoxy) is 1. The van der Waals surface area contributed by atoms with Crippen LogP contribution in [0.4, 0.5) is 11.4 Å². The van der Waals surface area contributed by atoms with E-state index in [1.54, 1.807) is 24.1 Å². The third kappa shape index (κ3) is 4.49. The van der Waals surface area contributed by atoms with E-state index in [-0.39, 0.29) is 17.6 Å².